The van der Waals surface area contributed by atoms with Gasteiger partial charge in [0.1, 0.15) is 5.65 Å². The summed E-state index contributed by atoms with van der Waals surface area (Å²) in [5, 5.41) is 0.888. The first-order chi connectivity index (χ1) is 9.15. The van der Waals surface area contributed by atoms with Gasteiger partial charge in [0.2, 0.25) is 5.56 Å². The van der Waals surface area contributed by atoms with Gasteiger partial charge in [0, 0.05) is 11.5 Å². The quantitative estimate of drug-likeness (QED) is 0.668. The summed E-state index contributed by atoms with van der Waals surface area (Å²) < 4.78 is 0.354. The van der Waals surface area contributed by atoms with Crippen LogP contribution in [0.4, 0.5) is 0 Å². The van der Waals surface area contributed by atoms with Crippen LogP contribution in [0.1, 0.15) is 5.56 Å². The zero-order valence-electron chi connectivity index (χ0n) is 10.2. The van der Waals surface area contributed by atoms with Crippen LogP contribution in [0.3, 0.4) is 0 Å². The van der Waals surface area contributed by atoms with Crippen molar-refractivity contribution in [1.82, 2.24) is 15.0 Å². The Morgan fingerprint density at radius 3 is 2.63 bits per heavy atom. The largest absolute Gasteiger partial charge is 0.330 e. The molecule has 0 saturated heterocycles. The van der Waals surface area contributed by atoms with Gasteiger partial charge >= 0.3 is 0 Å². The highest BCUT2D eigenvalue weighted by atomic mass is 32.1. The fourth-order valence-corrected chi connectivity index (χ4v) is 2.38. The van der Waals surface area contributed by atoms with Gasteiger partial charge in [0.05, 0.1) is 5.69 Å². The topological polar surface area (TPSA) is 61.5 Å². The van der Waals surface area contributed by atoms with Crippen LogP contribution in [0.5, 0.6) is 0 Å². The minimum atomic E-state index is -0.169. The molecule has 0 radical (unpaired) electrons. The molecule has 0 unspecified atom stereocenters. The number of aromatic amines is 2. The summed E-state index contributed by atoms with van der Waals surface area (Å²) in [5.74, 6) is 0. The van der Waals surface area contributed by atoms with E-state index in [1.165, 1.54) is 0 Å². The molecule has 0 aliphatic heterocycles. The second-order valence-electron chi connectivity index (χ2n) is 4.32. The number of hydrogen-bond acceptors (Lipinski definition) is 3. The van der Waals surface area contributed by atoms with Crippen LogP contribution in [0.25, 0.3) is 22.3 Å². The van der Waals surface area contributed by atoms with E-state index in [9.17, 15) is 4.79 Å². The van der Waals surface area contributed by atoms with E-state index in [0.29, 0.717) is 10.4 Å². The lowest BCUT2D eigenvalue weighted by molar-refractivity contribution is 1.13. The van der Waals surface area contributed by atoms with Crippen LogP contribution in [0.15, 0.2) is 41.2 Å². The van der Waals surface area contributed by atoms with E-state index >= 15 is 0 Å². The van der Waals surface area contributed by atoms with Crippen LogP contribution >= 0.6 is 12.2 Å². The highest BCUT2D eigenvalue weighted by Crippen LogP contribution is 2.25. The van der Waals surface area contributed by atoms with Crippen molar-refractivity contribution in [3.8, 4) is 11.3 Å². The second kappa shape index (κ2) is 4.44. The van der Waals surface area contributed by atoms with Crippen molar-refractivity contribution in [2.45, 2.75) is 6.92 Å². The molecule has 2 N–H and O–H groups in total. The van der Waals surface area contributed by atoms with E-state index in [4.69, 9.17) is 12.2 Å². The number of nitrogens with one attached hydrogen (secondary N) is 2. The summed E-state index contributed by atoms with van der Waals surface area (Å²) in [6, 6.07) is 11.4. The minimum Gasteiger partial charge on any atom is -0.330 e. The van der Waals surface area contributed by atoms with E-state index in [0.717, 1.165) is 22.2 Å². The Morgan fingerprint density at radius 2 is 1.89 bits per heavy atom. The number of fused-ring (bicyclic) bond motifs is 1. The molecule has 0 atom stereocenters. The SMILES string of the molecule is Cc1cc(=O)[nH]c2nc(=S)[nH]c(-c3ccccc3)c12. The smallest absolute Gasteiger partial charge is 0.249 e. The molecule has 0 aliphatic carbocycles. The van der Waals surface area contributed by atoms with Crippen molar-refractivity contribution >= 4 is 23.3 Å². The first-order valence-electron chi connectivity index (χ1n) is 5.84. The average molecular weight is 269 g/mol. The second-order valence-corrected chi connectivity index (χ2v) is 4.71. The summed E-state index contributed by atoms with van der Waals surface area (Å²) in [4.78, 5) is 21.5. The summed E-state index contributed by atoms with van der Waals surface area (Å²) in [6.45, 7) is 1.89. The third-order valence-electron chi connectivity index (χ3n) is 2.98. The molecule has 2 aromatic heterocycles. The maximum atomic E-state index is 11.5. The highest BCUT2D eigenvalue weighted by molar-refractivity contribution is 7.71. The van der Waals surface area contributed by atoms with E-state index in [1.54, 1.807) is 6.07 Å². The normalized spacial score (nSPS) is 10.8. The van der Waals surface area contributed by atoms with Gasteiger partial charge in [-0.05, 0) is 30.3 Å². The van der Waals surface area contributed by atoms with Crippen LogP contribution in [-0.2, 0) is 0 Å². The van der Waals surface area contributed by atoms with Crippen molar-refractivity contribution in [3.05, 3.63) is 57.1 Å². The molecule has 0 amide bonds. The average Bonchev–Trinajstić information content (AvgIpc) is 2.38. The lowest BCUT2D eigenvalue weighted by atomic mass is 10.1. The Hall–Kier alpha value is -2.27. The molecule has 3 aromatic rings. The molecule has 4 nitrogen and oxygen atoms in total. The first kappa shape index (κ1) is 11.8. The third-order valence-corrected chi connectivity index (χ3v) is 3.17. The third kappa shape index (κ3) is 2.08. The summed E-state index contributed by atoms with van der Waals surface area (Å²) in [6.07, 6.45) is 0. The summed E-state index contributed by atoms with van der Waals surface area (Å²) in [7, 11) is 0. The molecule has 2 heterocycles. The molecule has 5 heteroatoms. The van der Waals surface area contributed by atoms with Gasteiger partial charge in [0.15, 0.2) is 4.77 Å². The molecular formula is C14H11N3OS. The Kier molecular flexibility index (Phi) is 2.76. The van der Waals surface area contributed by atoms with E-state index in [2.05, 4.69) is 15.0 Å². The van der Waals surface area contributed by atoms with E-state index < -0.39 is 0 Å². The summed E-state index contributed by atoms with van der Waals surface area (Å²) >= 11 is 5.12. The van der Waals surface area contributed by atoms with Crippen molar-refractivity contribution in [1.29, 1.82) is 0 Å². The van der Waals surface area contributed by atoms with Crippen molar-refractivity contribution in [3.63, 3.8) is 0 Å². The van der Waals surface area contributed by atoms with Gasteiger partial charge in [-0.1, -0.05) is 30.3 Å². The van der Waals surface area contributed by atoms with Gasteiger partial charge in [-0.2, -0.15) is 0 Å². The van der Waals surface area contributed by atoms with Crippen molar-refractivity contribution in [2.75, 3.05) is 0 Å². The van der Waals surface area contributed by atoms with Crippen LogP contribution < -0.4 is 5.56 Å². The number of pyridine rings is 1. The predicted molar refractivity (Wildman–Crippen MR) is 77.7 cm³/mol. The highest BCUT2D eigenvalue weighted by Gasteiger charge is 2.09. The van der Waals surface area contributed by atoms with Gasteiger partial charge in [-0.25, -0.2) is 4.98 Å². The number of aryl methyl sites for hydroxylation is 1. The molecule has 3 rings (SSSR count). The lowest BCUT2D eigenvalue weighted by Gasteiger charge is -2.08. The van der Waals surface area contributed by atoms with Crippen molar-refractivity contribution in [2.24, 2.45) is 0 Å². The Bertz CT molecular complexity index is 860. The number of nitrogens with zero attached hydrogens (tertiary/aromatic N) is 1. The van der Waals surface area contributed by atoms with Gasteiger partial charge < -0.3 is 9.97 Å². The Labute approximate surface area is 114 Å². The van der Waals surface area contributed by atoms with Crippen LogP contribution in [0, 0.1) is 11.7 Å². The van der Waals surface area contributed by atoms with E-state index in [1.807, 2.05) is 37.3 Å². The fourth-order valence-electron chi connectivity index (χ4n) is 2.19. The molecule has 1 aromatic carbocycles. The number of H-pyrrole nitrogens is 2. The number of benzene rings is 1. The molecule has 0 aliphatic rings. The Morgan fingerprint density at radius 1 is 1.16 bits per heavy atom. The molecule has 19 heavy (non-hydrogen) atoms. The summed E-state index contributed by atoms with van der Waals surface area (Å²) in [5.41, 5.74) is 3.11. The molecule has 0 bridgehead atoms. The fraction of sp³-hybridized carbons (Fsp3) is 0.0714. The zero-order valence-corrected chi connectivity index (χ0v) is 11.0. The molecule has 94 valence electrons. The van der Waals surface area contributed by atoms with Gasteiger partial charge in [-0.15, -0.1) is 0 Å². The number of hydrogen-bond donors (Lipinski definition) is 2. The maximum Gasteiger partial charge on any atom is 0.249 e. The molecular weight excluding hydrogens is 258 g/mol. The zero-order chi connectivity index (χ0) is 13.4. The monoisotopic (exact) mass is 269 g/mol. The predicted octanol–water partition coefficient (Wildman–Crippen LogP) is 2.96. The number of rotatable bonds is 1. The molecule has 0 saturated carbocycles. The van der Waals surface area contributed by atoms with Crippen LogP contribution in [-0.4, -0.2) is 15.0 Å². The maximum absolute atomic E-state index is 11.5. The van der Waals surface area contributed by atoms with Gasteiger partial charge in [0.25, 0.3) is 0 Å². The van der Waals surface area contributed by atoms with E-state index in [-0.39, 0.29) is 5.56 Å². The Balaban J connectivity index is 2.49. The van der Waals surface area contributed by atoms with Gasteiger partial charge in [-0.3, -0.25) is 4.79 Å². The first-order valence-corrected chi connectivity index (χ1v) is 6.25. The standard InChI is InChI=1S/C14H11N3OS/c1-8-7-10(18)15-13-11(8)12(16-14(19)17-13)9-5-3-2-4-6-9/h2-7H,1H3,(H2,15,16,17,18,19). The molecule has 0 fully saturated rings. The van der Waals surface area contributed by atoms with Crippen LogP contribution in [0.2, 0.25) is 0 Å². The minimum absolute atomic E-state index is 0.169. The number of aromatic nitrogens is 3. The lowest BCUT2D eigenvalue weighted by Crippen LogP contribution is -2.07. The molecule has 0 spiro atoms. The van der Waals surface area contributed by atoms with Crippen molar-refractivity contribution < 1.29 is 0 Å².